The highest BCUT2D eigenvalue weighted by atomic mass is 19.4. The van der Waals surface area contributed by atoms with Crippen molar-refractivity contribution in [2.24, 2.45) is 4.99 Å². The van der Waals surface area contributed by atoms with Gasteiger partial charge in [0.15, 0.2) is 5.96 Å². The molecule has 6 nitrogen and oxygen atoms in total. The Morgan fingerprint density at radius 1 is 1.35 bits per heavy atom. The number of carbonyl (C=O) groups is 1. The Hall–Kier alpha value is -2.29. The first kappa shape index (κ1) is 20.0. The fraction of sp³-hybridized carbons (Fsp3) is 0.529. The van der Waals surface area contributed by atoms with Crippen LogP contribution in [0.25, 0.3) is 0 Å². The van der Waals surface area contributed by atoms with Gasteiger partial charge in [0, 0.05) is 44.7 Å². The van der Waals surface area contributed by atoms with Crippen LogP contribution in [0.1, 0.15) is 17.9 Å². The van der Waals surface area contributed by atoms with Gasteiger partial charge in [0.25, 0.3) is 0 Å². The van der Waals surface area contributed by atoms with Crippen LogP contribution >= 0.6 is 0 Å². The van der Waals surface area contributed by atoms with E-state index in [0.717, 1.165) is 11.3 Å². The number of alkyl halides is 3. The number of amides is 1. The lowest BCUT2D eigenvalue weighted by atomic mass is 9.90. The summed E-state index contributed by atoms with van der Waals surface area (Å²) in [5.41, 5.74) is 1.87. The molecule has 0 spiro atoms. The molecule has 1 aromatic carbocycles. The lowest BCUT2D eigenvalue weighted by Gasteiger charge is -2.26. The number of nitrogens with zero attached hydrogens (tertiary/aromatic N) is 2. The normalized spacial score (nSPS) is 17.7. The molecule has 1 aromatic rings. The molecule has 1 heterocycles. The Morgan fingerprint density at radius 3 is 2.77 bits per heavy atom. The predicted octanol–water partition coefficient (Wildman–Crippen LogP) is 1.77. The smallest absolute Gasteiger partial charge is 0.356 e. The molecule has 2 rings (SSSR count). The number of fused-ring (bicyclic) bond motifs is 1. The van der Waals surface area contributed by atoms with Gasteiger partial charge in [-0.15, -0.1) is 0 Å². The quantitative estimate of drug-likeness (QED) is 0.527. The van der Waals surface area contributed by atoms with Crippen molar-refractivity contribution in [3.63, 3.8) is 0 Å². The zero-order valence-corrected chi connectivity index (χ0v) is 14.9. The van der Waals surface area contributed by atoms with Gasteiger partial charge in [0.1, 0.15) is 0 Å². The first-order valence-corrected chi connectivity index (χ1v) is 8.37. The van der Waals surface area contributed by atoms with Gasteiger partial charge in [0.05, 0.1) is 6.54 Å². The minimum Gasteiger partial charge on any atom is -0.356 e. The molecule has 26 heavy (non-hydrogen) atoms. The van der Waals surface area contributed by atoms with Gasteiger partial charge in [-0.2, -0.15) is 13.2 Å². The Morgan fingerprint density at radius 2 is 2.08 bits per heavy atom. The average Bonchev–Trinajstić information content (AvgIpc) is 2.55. The summed E-state index contributed by atoms with van der Waals surface area (Å²) in [5, 5.41) is 8.98. The lowest BCUT2D eigenvalue weighted by molar-refractivity contribution is -0.142. The summed E-state index contributed by atoms with van der Waals surface area (Å²) in [4.78, 5) is 17.1. The maximum absolute atomic E-state index is 12.3. The number of carbonyl (C=O) groups excluding carboxylic acids is 1. The molecule has 0 radical (unpaired) electrons. The number of anilines is 1. The van der Waals surface area contributed by atoms with Crippen LogP contribution in [0.2, 0.25) is 0 Å². The molecule has 1 atom stereocenters. The Balaban J connectivity index is 1.81. The first-order chi connectivity index (χ1) is 12.3. The summed E-state index contributed by atoms with van der Waals surface area (Å²) in [6.07, 6.45) is -3.83. The van der Waals surface area contributed by atoms with Crippen molar-refractivity contribution in [2.75, 3.05) is 45.6 Å². The summed E-state index contributed by atoms with van der Waals surface area (Å²) >= 11 is 0. The van der Waals surface area contributed by atoms with Gasteiger partial charge in [-0.1, -0.05) is 18.2 Å². The van der Waals surface area contributed by atoms with Gasteiger partial charge < -0.3 is 16.0 Å². The highest BCUT2D eigenvalue weighted by Crippen LogP contribution is 2.31. The summed E-state index contributed by atoms with van der Waals surface area (Å²) < 4.78 is 36.9. The maximum Gasteiger partial charge on any atom is 0.401 e. The lowest BCUT2D eigenvalue weighted by Crippen LogP contribution is -2.44. The minimum absolute atomic E-state index is 0.00593. The minimum atomic E-state index is -4.20. The molecule has 0 bridgehead atoms. The van der Waals surface area contributed by atoms with E-state index in [-0.39, 0.29) is 18.4 Å². The van der Waals surface area contributed by atoms with Crippen molar-refractivity contribution >= 4 is 17.6 Å². The monoisotopic (exact) mass is 371 g/mol. The third kappa shape index (κ3) is 6.21. The molecule has 1 aliphatic rings. The van der Waals surface area contributed by atoms with Gasteiger partial charge in [-0.3, -0.25) is 14.7 Å². The van der Waals surface area contributed by atoms with E-state index in [4.69, 9.17) is 0 Å². The number of halogens is 3. The van der Waals surface area contributed by atoms with Crippen LogP contribution in [0.5, 0.6) is 0 Å². The molecule has 0 saturated heterocycles. The topological polar surface area (TPSA) is 68.8 Å². The molecule has 0 saturated carbocycles. The van der Waals surface area contributed by atoms with E-state index < -0.39 is 12.7 Å². The summed E-state index contributed by atoms with van der Waals surface area (Å²) in [7, 11) is 3.01. The fourth-order valence-corrected chi connectivity index (χ4v) is 2.87. The van der Waals surface area contributed by atoms with Crippen LogP contribution in [0.4, 0.5) is 18.9 Å². The molecular formula is C17H24F3N5O. The van der Waals surface area contributed by atoms with Crippen molar-refractivity contribution in [1.82, 2.24) is 15.5 Å². The summed E-state index contributed by atoms with van der Waals surface area (Å²) in [6, 6.07) is 7.63. The van der Waals surface area contributed by atoms with E-state index >= 15 is 0 Å². The number of guanidine groups is 1. The molecule has 0 fully saturated rings. The van der Waals surface area contributed by atoms with Crippen LogP contribution in [0, 0.1) is 0 Å². The molecule has 1 aliphatic heterocycles. The average molecular weight is 371 g/mol. The fourth-order valence-electron chi connectivity index (χ4n) is 2.87. The van der Waals surface area contributed by atoms with E-state index in [1.54, 1.807) is 7.05 Å². The predicted molar refractivity (Wildman–Crippen MR) is 95.3 cm³/mol. The third-order valence-electron chi connectivity index (χ3n) is 4.08. The summed E-state index contributed by atoms with van der Waals surface area (Å²) in [5.74, 6) is 0.465. The molecule has 0 aliphatic carbocycles. The largest absolute Gasteiger partial charge is 0.401 e. The van der Waals surface area contributed by atoms with Crippen molar-refractivity contribution in [3.8, 4) is 0 Å². The zero-order valence-electron chi connectivity index (χ0n) is 14.9. The van der Waals surface area contributed by atoms with Gasteiger partial charge in [-0.05, 0) is 18.7 Å². The number of benzene rings is 1. The number of rotatable bonds is 6. The van der Waals surface area contributed by atoms with Crippen molar-refractivity contribution in [3.05, 3.63) is 29.8 Å². The number of nitrogens with one attached hydrogen (secondary N) is 3. The molecule has 144 valence electrons. The maximum atomic E-state index is 12.3. The van der Waals surface area contributed by atoms with Crippen molar-refractivity contribution in [2.45, 2.75) is 18.5 Å². The standard InChI is InChI=1S/C17H24F3N5O/c1-21-16(22-7-8-25(2)11-17(18,19)20)23-10-12-9-15(26)24-14-6-4-3-5-13(12)14/h3-6,12H,7-11H2,1-2H3,(H,24,26)(H2,21,22,23). The van der Waals surface area contributed by atoms with E-state index in [2.05, 4.69) is 20.9 Å². The molecule has 1 amide bonds. The van der Waals surface area contributed by atoms with Gasteiger partial charge in [-0.25, -0.2) is 0 Å². The molecular weight excluding hydrogens is 347 g/mol. The van der Waals surface area contributed by atoms with E-state index in [9.17, 15) is 18.0 Å². The van der Waals surface area contributed by atoms with Crippen LogP contribution in [-0.2, 0) is 4.79 Å². The highest BCUT2D eigenvalue weighted by Gasteiger charge is 2.29. The number of para-hydroxylation sites is 1. The summed E-state index contributed by atoms with van der Waals surface area (Å²) in [6.45, 7) is 0.111. The number of hydrogen-bond acceptors (Lipinski definition) is 3. The van der Waals surface area contributed by atoms with Crippen LogP contribution in [-0.4, -0.2) is 63.2 Å². The van der Waals surface area contributed by atoms with E-state index in [1.807, 2.05) is 24.3 Å². The van der Waals surface area contributed by atoms with Crippen LogP contribution in [0.15, 0.2) is 29.3 Å². The first-order valence-electron chi connectivity index (χ1n) is 8.37. The number of likely N-dealkylation sites (N-methyl/N-ethyl adjacent to an activating group) is 1. The van der Waals surface area contributed by atoms with E-state index in [1.165, 1.54) is 11.9 Å². The SMILES string of the molecule is CN=C(NCCN(C)CC(F)(F)F)NCC1CC(=O)Nc2ccccc21. The third-order valence-corrected chi connectivity index (χ3v) is 4.08. The number of hydrogen-bond donors (Lipinski definition) is 3. The Labute approximate surface area is 150 Å². The van der Waals surface area contributed by atoms with Crippen molar-refractivity contribution < 1.29 is 18.0 Å². The van der Waals surface area contributed by atoms with Crippen molar-refractivity contribution in [1.29, 1.82) is 0 Å². The Kier molecular flexibility index (Phi) is 6.84. The zero-order chi connectivity index (χ0) is 19.2. The Bertz CT molecular complexity index is 648. The molecule has 0 aromatic heterocycles. The molecule has 3 N–H and O–H groups in total. The molecule has 9 heteroatoms. The highest BCUT2D eigenvalue weighted by molar-refractivity contribution is 5.94. The second-order valence-electron chi connectivity index (χ2n) is 6.27. The van der Waals surface area contributed by atoms with Crippen LogP contribution < -0.4 is 16.0 Å². The van der Waals surface area contributed by atoms with Gasteiger partial charge >= 0.3 is 6.18 Å². The van der Waals surface area contributed by atoms with Crippen LogP contribution in [0.3, 0.4) is 0 Å². The second kappa shape index (κ2) is 8.88. The second-order valence-corrected chi connectivity index (χ2v) is 6.27. The van der Waals surface area contributed by atoms with E-state index in [0.29, 0.717) is 25.5 Å². The van der Waals surface area contributed by atoms with Gasteiger partial charge in [0.2, 0.25) is 5.91 Å². The number of aliphatic imine (C=N–C) groups is 1. The molecule has 1 unspecified atom stereocenters.